The Morgan fingerprint density at radius 2 is 1.97 bits per heavy atom. The molecule has 0 bridgehead atoms. The van der Waals surface area contributed by atoms with Crippen molar-refractivity contribution in [2.75, 3.05) is 51.3 Å². The number of aliphatic hydroxyl groups is 2. The molecule has 2 fully saturated rings. The van der Waals surface area contributed by atoms with Gasteiger partial charge in [0, 0.05) is 31.9 Å². The van der Waals surface area contributed by atoms with E-state index in [1.807, 2.05) is 12.1 Å². The van der Waals surface area contributed by atoms with Crippen LogP contribution in [-0.2, 0) is 9.47 Å². The molecule has 2 aromatic rings. The predicted molar refractivity (Wildman–Crippen MR) is 130 cm³/mol. The summed E-state index contributed by atoms with van der Waals surface area (Å²) in [5.41, 5.74) is 2.01. The molecule has 0 amide bonds. The maximum absolute atomic E-state index is 9.90. The van der Waals surface area contributed by atoms with E-state index in [-0.39, 0.29) is 6.61 Å². The monoisotopic (exact) mass is 470 g/mol. The molecule has 2 heterocycles. The van der Waals surface area contributed by atoms with Gasteiger partial charge in [0.05, 0.1) is 32.0 Å². The van der Waals surface area contributed by atoms with E-state index >= 15 is 0 Å². The molecule has 33 heavy (non-hydrogen) atoms. The van der Waals surface area contributed by atoms with E-state index in [4.69, 9.17) is 9.47 Å². The molecule has 0 radical (unpaired) electrons. The van der Waals surface area contributed by atoms with Gasteiger partial charge in [-0.2, -0.15) is 5.26 Å². The second-order valence-corrected chi connectivity index (χ2v) is 9.14. The van der Waals surface area contributed by atoms with Gasteiger partial charge in [-0.1, -0.05) is 18.2 Å². The first kappa shape index (κ1) is 24.0. The summed E-state index contributed by atoms with van der Waals surface area (Å²) in [7, 11) is 0. The number of anilines is 1. The van der Waals surface area contributed by atoms with Gasteiger partial charge in [-0.15, -0.1) is 0 Å². The van der Waals surface area contributed by atoms with Gasteiger partial charge < -0.3 is 25.0 Å². The van der Waals surface area contributed by atoms with Gasteiger partial charge in [-0.05, 0) is 59.0 Å². The Kier molecular flexibility index (Phi) is 8.58. The quantitative estimate of drug-likeness (QED) is 0.341. The number of morpholine rings is 1. The summed E-state index contributed by atoms with van der Waals surface area (Å²) in [5.74, 6) is 0. The molecule has 2 aliphatic rings. The lowest BCUT2D eigenvalue weighted by molar-refractivity contribution is -0.168. The second-order valence-electron chi connectivity index (χ2n) is 8.26. The number of ether oxygens (including phenoxy) is 2. The lowest BCUT2D eigenvalue weighted by Gasteiger charge is -2.30. The van der Waals surface area contributed by atoms with Crippen LogP contribution in [-0.4, -0.2) is 79.5 Å². The Morgan fingerprint density at radius 1 is 1.18 bits per heavy atom. The summed E-state index contributed by atoms with van der Waals surface area (Å²) in [5, 5.41) is 34.8. The first-order valence-corrected chi connectivity index (χ1v) is 12.0. The van der Waals surface area contributed by atoms with Crippen molar-refractivity contribution in [3.63, 3.8) is 0 Å². The van der Waals surface area contributed by atoms with Crippen LogP contribution in [0.4, 0.5) is 5.69 Å². The molecule has 0 aliphatic carbocycles. The Bertz CT molecular complexity index is 1010. The van der Waals surface area contributed by atoms with E-state index in [0.717, 1.165) is 73.4 Å². The minimum atomic E-state index is -1.00. The predicted octanol–water partition coefficient (Wildman–Crippen LogP) is 2.15. The lowest BCUT2D eigenvalue weighted by atomic mass is 10.1. The number of aliphatic hydroxyl groups excluding tert-OH is 2. The van der Waals surface area contributed by atoms with Crippen LogP contribution in [0.3, 0.4) is 0 Å². The third-order valence-electron chi connectivity index (χ3n) is 5.78. The zero-order chi connectivity index (χ0) is 23.0. The fraction of sp³-hybridized carbons (Fsp3) is 0.458. The summed E-state index contributed by atoms with van der Waals surface area (Å²) >= 11 is 1.13. The largest absolute Gasteiger partial charge is 0.391 e. The molecular weight excluding hydrogens is 440 g/mol. The molecule has 2 saturated heterocycles. The highest BCUT2D eigenvalue weighted by molar-refractivity contribution is 8.01. The minimum Gasteiger partial charge on any atom is -0.391 e. The van der Waals surface area contributed by atoms with Crippen LogP contribution in [0.2, 0.25) is 0 Å². The van der Waals surface area contributed by atoms with E-state index in [1.54, 1.807) is 6.08 Å². The Hall–Kier alpha value is -2.16. The van der Waals surface area contributed by atoms with Crippen molar-refractivity contribution in [2.45, 2.75) is 24.9 Å². The Morgan fingerprint density at radius 3 is 2.79 bits per heavy atom. The van der Waals surface area contributed by atoms with Crippen molar-refractivity contribution in [1.29, 1.82) is 5.26 Å². The van der Waals surface area contributed by atoms with Crippen molar-refractivity contribution in [3.8, 4) is 6.07 Å². The summed E-state index contributed by atoms with van der Waals surface area (Å²) in [4.78, 5) is 2.86. The van der Waals surface area contributed by atoms with Gasteiger partial charge >= 0.3 is 0 Å². The number of rotatable bonds is 8. The van der Waals surface area contributed by atoms with Crippen LogP contribution >= 0.6 is 11.9 Å². The van der Waals surface area contributed by atoms with Crippen molar-refractivity contribution in [3.05, 3.63) is 46.9 Å². The highest BCUT2D eigenvalue weighted by Gasteiger charge is 2.29. The maximum atomic E-state index is 9.90. The second kappa shape index (κ2) is 11.8. The standard InChI is InChI=1S/C24H30N4O4S/c25-15-22(33-27-23-14-21(29)16-32-24(23)30)12-17-1-2-19-13-20(4-3-18(19)11-17)26-5-6-28-7-9-31-10-8-28/h1-4,11-13,21,23-24,26-27,29-30H,5-10,14,16H2/b22-12+. The molecule has 176 valence electrons. The number of nitrogens with zero attached hydrogens (tertiary/aromatic N) is 2. The third kappa shape index (κ3) is 6.91. The SMILES string of the molecule is N#C/C(=C\c1ccc2cc(NCCN3CCOCC3)ccc2c1)SNC1CC(O)COC1O. The number of nitriles is 1. The minimum absolute atomic E-state index is 0.118. The Balaban J connectivity index is 1.34. The molecule has 4 rings (SSSR count). The average molecular weight is 471 g/mol. The molecule has 3 atom stereocenters. The van der Waals surface area contributed by atoms with Crippen molar-refractivity contribution in [1.82, 2.24) is 9.62 Å². The highest BCUT2D eigenvalue weighted by Crippen LogP contribution is 2.24. The lowest BCUT2D eigenvalue weighted by Crippen LogP contribution is -2.46. The van der Waals surface area contributed by atoms with Gasteiger partial charge in [0.25, 0.3) is 0 Å². The van der Waals surface area contributed by atoms with Gasteiger partial charge in [-0.25, -0.2) is 0 Å². The number of nitrogens with one attached hydrogen (secondary N) is 2. The molecule has 4 N–H and O–H groups in total. The summed E-state index contributed by atoms with van der Waals surface area (Å²) < 4.78 is 13.5. The van der Waals surface area contributed by atoms with Crippen molar-refractivity contribution < 1.29 is 19.7 Å². The Labute approximate surface area is 198 Å². The molecule has 2 aromatic carbocycles. The summed E-state index contributed by atoms with van der Waals surface area (Å²) in [6.07, 6.45) is 0.544. The molecule has 0 spiro atoms. The fourth-order valence-electron chi connectivity index (χ4n) is 3.93. The maximum Gasteiger partial charge on any atom is 0.171 e. The number of allylic oxidation sites excluding steroid dienone is 1. The third-order valence-corrected chi connectivity index (χ3v) is 6.63. The smallest absolute Gasteiger partial charge is 0.171 e. The van der Waals surface area contributed by atoms with Gasteiger partial charge in [0.15, 0.2) is 6.29 Å². The molecule has 3 unspecified atom stereocenters. The molecular formula is C24H30N4O4S. The van der Waals surface area contributed by atoms with E-state index < -0.39 is 18.4 Å². The molecule has 0 aromatic heterocycles. The van der Waals surface area contributed by atoms with Crippen LogP contribution < -0.4 is 10.0 Å². The van der Waals surface area contributed by atoms with E-state index in [9.17, 15) is 15.5 Å². The highest BCUT2D eigenvalue weighted by atomic mass is 32.2. The van der Waals surface area contributed by atoms with Crippen LogP contribution in [0.15, 0.2) is 41.3 Å². The number of fused-ring (bicyclic) bond motifs is 1. The van der Waals surface area contributed by atoms with Gasteiger partial charge in [0.1, 0.15) is 11.0 Å². The van der Waals surface area contributed by atoms with Gasteiger partial charge in [-0.3, -0.25) is 9.62 Å². The molecule has 0 saturated carbocycles. The number of benzene rings is 2. The first-order valence-electron chi connectivity index (χ1n) is 11.2. The van der Waals surface area contributed by atoms with Crippen LogP contribution in [0.1, 0.15) is 12.0 Å². The number of hydrogen-bond acceptors (Lipinski definition) is 9. The van der Waals surface area contributed by atoms with Crippen molar-refractivity contribution >= 4 is 34.5 Å². The molecule has 9 heteroatoms. The number of hydrogen-bond donors (Lipinski definition) is 4. The molecule has 2 aliphatic heterocycles. The van der Waals surface area contributed by atoms with Crippen LogP contribution in [0.5, 0.6) is 0 Å². The van der Waals surface area contributed by atoms with Crippen LogP contribution in [0.25, 0.3) is 16.8 Å². The fourth-order valence-corrected chi connectivity index (χ4v) is 4.66. The van der Waals surface area contributed by atoms with E-state index in [1.165, 1.54) is 0 Å². The van der Waals surface area contributed by atoms with E-state index in [0.29, 0.717) is 11.3 Å². The van der Waals surface area contributed by atoms with Gasteiger partial charge in [0.2, 0.25) is 0 Å². The van der Waals surface area contributed by atoms with E-state index in [2.05, 4.69) is 45.3 Å². The zero-order valence-electron chi connectivity index (χ0n) is 18.4. The van der Waals surface area contributed by atoms with Crippen LogP contribution in [0, 0.1) is 11.3 Å². The van der Waals surface area contributed by atoms with Crippen molar-refractivity contribution in [2.24, 2.45) is 0 Å². The summed E-state index contributed by atoms with van der Waals surface area (Å²) in [6.45, 7) is 5.61. The molecule has 8 nitrogen and oxygen atoms in total. The average Bonchev–Trinajstić information content (AvgIpc) is 2.84. The first-order chi connectivity index (χ1) is 16.1. The zero-order valence-corrected chi connectivity index (χ0v) is 19.3. The normalized spacial score (nSPS) is 24.5. The topological polar surface area (TPSA) is 110 Å². The summed E-state index contributed by atoms with van der Waals surface area (Å²) in [6, 6.07) is 14.1.